The van der Waals surface area contributed by atoms with Gasteiger partial charge in [-0.05, 0) is 59.4 Å². The van der Waals surface area contributed by atoms with Crippen LogP contribution < -0.4 is 5.73 Å². The number of rotatable bonds is 4. The number of aliphatic hydroxyl groups excluding tert-OH is 2. The number of fused-ring (bicyclic) bond motifs is 3. The Morgan fingerprint density at radius 2 is 1.77 bits per heavy atom. The number of phenolic OH excluding ortho intramolecular Hbond substituents is 1. The van der Waals surface area contributed by atoms with E-state index >= 15 is 0 Å². The van der Waals surface area contributed by atoms with Crippen LogP contribution in [0.5, 0.6) is 5.75 Å². The van der Waals surface area contributed by atoms with Gasteiger partial charge in [0.2, 0.25) is 5.78 Å². The summed E-state index contributed by atoms with van der Waals surface area (Å²) in [7, 11) is 0. The molecule has 3 atom stereocenters. The smallest absolute Gasteiger partial charge is 0.255 e. The SMILES string of the molecule is NC(=O)C1=C(O)[C@@]2(O)C(=O)C3=C(O)c4c(O)ccc(-c5cccc(CC6CCCC6)c5)c4C[C@H]3C[C@H]2CC1=O. The fourth-order valence-electron chi connectivity index (χ4n) is 7.31. The van der Waals surface area contributed by atoms with Crippen molar-refractivity contribution in [3.8, 4) is 16.9 Å². The van der Waals surface area contributed by atoms with E-state index in [9.17, 15) is 34.8 Å². The molecule has 0 spiro atoms. The number of benzene rings is 2. The van der Waals surface area contributed by atoms with Gasteiger partial charge in [0.25, 0.3) is 5.91 Å². The zero-order valence-corrected chi connectivity index (χ0v) is 21.4. The van der Waals surface area contributed by atoms with E-state index in [1.807, 2.05) is 12.1 Å². The minimum Gasteiger partial charge on any atom is -0.508 e. The van der Waals surface area contributed by atoms with Gasteiger partial charge in [-0.15, -0.1) is 0 Å². The van der Waals surface area contributed by atoms with Gasteiger partial charge in [-0.25, -0.2) is 0 Å². The standard InChI is InChI=1S/C31H31NO7/c32-30(38)26-23(34)14-19-12-18-13-21-20(17-7-3-6-16(11-17)10-15-4-1-2-5-15)8-9-22(33)25(21)27(35)24(18)28(36)31(19,39)29(26)37/h3,6-9,11,15,18-19,33,35,37,39H,1-2,4-5,10,12-14H2,(H2,32,38)/t18-,19+,31+/m1/s1. The summed E-state index contributed by atoms with van der Waals surface area (Å²) in [5, 5.41) is 44.3. The van der Waals surface area contributed by atoms with Gasteiger partial charge in [-0.1, -0.05) is 56.0 Å². The lowest BCUT2D eigenvalue weighted by atomic mass is 9.59. The number of hydrogen-bond acceptors (Lipinski definition) is 7. The lowest BCUT2D eigenvalue weighted by molar-refractivity contribution is -0.147. The molecule has 2 fully saturated rings. The number of carbonyl (C=O) groups excluding carboxylic acids is 3. The highest BCUT2D eigenvalue weighted by molar-refractivity contribution is 6.22. The molecular formula is C31H31NO7. The molecule has 6 rings (SSSR count). The van der Waals surface area contributed by atoms with Crippen LogP contribution in [0.3, 0.4) is 0 Å². The van der Waals surface area contributed by atoms with E-state index in [0.29, 0.717) is 11.5 Å². The molecule has 6 N–H and O–H groups in total. The minimum absolute atomic E-state index is 0.111. The molecule has 4 aliphatic rings. The molecule has 0 heterocycles. The number of amides is 1. The molecule has 1 amide bonds. The average molecular weight is 530 g/mol. The monoisotopic (exact) mass is 529 g/mol. The van der Waals surface area contributed by atoms with Gasteiger partial charge in [0.05, 0.1) is 5.56 Å². The van der Waals surface area contributed by atoms with Crippen molar-refractivity contribution < 1.29 is 34.8 Å². The number of nitrogens with two attached hydrogens (primary N) is 1. The predicted octanol–water partition coefficient (Wildman–Crippen LogP) is 3.82. The molecule has 39 heavy (non-hydrogen) atoms. The van der Waals surface area contributed by atoms with Crippen molar-refractivity contribution >= 4 is 23.2 Å². The van der Waals surface area contributed by atoms with Crippen LogP contribution in [0.1, 0.15) is 55.2 Å². The van der Waals surface area contributed by atoms with Crippen LogP contribution in [0.2, 0.25) is 0 Å². The quantitative estimate of drug-likeness (QED) is 0.377. The number of Topliss-reactive ketones (excluding diaryl/α,β-unsaturated/α-hetero) is 2. The molecule has 0 unspecified atom stereocenters. The van der Waals surface area contributed by atoms with Crippen molar-refractivity contribution in [1.29, 1.82) is 0 Å². The van der Waals surface area contributed by atoms with E-state index in [2.05, 4.69) is 12.1 Å². The number of hydrogen-bond donors (Lipinski definition) is 5. The molecule has 8 heteroatoms. The van der Waals surface area contributed by atoms with Gasteiger partial charge in [-0.3, -0.25) is 14.4 Å². The third-order valence-electron chi connectivity index (χ3n) is 9.18. The van der Waals surface area contributed by atoms with Crippen molar-refractivity contribution in [1.82, 2.24) is 0 Å². The van der Waals surface area contributed by atoms with Gasteiger partial charge in [-0.2, -0.15) is 0 Å². The molecule has 2 aromatic rings. The first-order valence-electron chi connectivity index (χ1n) is 13.5. The van der Waals surface area contributed by atoms with Crippen molar-refractivity contribution in [2.75, 3.05) is 0 Å². The average Bonchev–Trinajstić information content (AvgIpc) is 3.39. The molecule has 0 radical (unpaired) electrons. The molecule has 202 valence electrons. The summed E-state index contributed by atoms with van der Waals surface area (Å²) in [5.74, 6) is -5.57. The normalized spacial score (nSPS) is 26.9. The first kappa shape index (κ1) is 25.4. The summed E-state index contributed by atoms with van der Waals surface area (Å²) in [5.41, 5.74) is 5.55. The zero-order chi connectivity index (χ0) is 27.6. The van der Waals surface area contributed by atoms with Crippen molar-refractivity contribution in [3.05, 3.63) is 70.0 Å². The summed E-state index contributed by atoms with van der Waals surface area (Å²) >= 11 is 0. The van der Waals surface area contributed by atoms with Crippen LogP contribution in [-0.4, -0.2) is 43.5 Å². The summed E-state index contributed by atoms with van der Waals surface area (Å²) in [6.07, 6.45) is 6.06. The van der Waals surface area contributed by atoms with Crippen LogP contribution in [0.4, 0.5) is 0 Å². The Balaban J connectivity index is 1.45. The topological polar surface area (TPSA) is 158 Å². The molecule has 0 aliphatic heterocycles. The van der Waals surface area contributed by atoms with E-state index in [1.165, 1.54) is 37.3 Å². The second kappa shape index (κ2) is 9.09. The second-order valence-electron chi connectivity index (χ2n) is 11.4. The van der Waals surface area contributed by atoms with Gasteiger partial charge in [0, 0.05) is 17.9 Å². The number of aliphatic hydroxyl groups is 3. The Hall–Kier alpha value is -3.91. The van der Waals surface area contributed by atoms with E-state index in [4.69, 9.17) is 5.73 Å². The van der Waals surface area contributed by atoms with Crippen LogP contribution >= 0.6 is 0 Å². The fourth-order valence-corrected chi connectivity index (χ4v) is 7.31. The molecule has 0 bridgehead atoms. The third kappa shape index (κ3) is 3.80. The van der Waals surface area contributed by atoms with Crippen LogP contribution in [0, 0.1) is 17.8 Å². The maximum Gasteiger partial charge on any atom is 0.255 e. The Morgan fingerprint density at radius 3 is 2.49 bits per heavy atom. The number of carbonyl (C=O) groups is 3. The number of phenols is 1. The number of ketones is 2. The van der Waals surface area contributed by atoms with E-state index in [0.717, 1.165) is 17.5 Å². The van der Waals surface area contributed by atoms with Crippen molar-refractivity contribution in [2.45, 2.75) is 57.0 Å². The zero-order valence-electron chi connectivity index (χ0n) is 21.4. The molecule has 4 aliphatic carbocycles. The van der Waals surface area contributed by atoms with Crippen LogP contribution in [-0.2, 0) is 27.2 Å². The summed E-state index contributed by atoms with van der Waals surface area (Å²) in [4.78, 5) is 38.1. The van der Waals surface area contributed by atoms with Gasteiger partial charge >= 0.3 is 0 Å². The summed E-state index contributed by atoms with van der Waals surface area (Å²) < 4.78 is 0. The molecule has 2 aromatic carbocycles. The molecular weight excluding hydrogens is 498 g/mol. The third-order valence-corrected chi connectivity index (χ3v) is 9.18. The molecule has 2 saturated carbocycles. The van der Waals surface area contributed by atoms with Crippen LogP contribution in [0.25, 0.3) is 16.9 Å². The molecule has 0 saturated heterocycles. The maximum atomic E-state index is 13.7. The number of primary amides is 1. The first-order valence-corrected chi connectivity index (χ1v) is 13.5. The second-order valence-corrected chi connectivity index (χ2v) is 11.4. The van der Waals surface area contributed by atoms with Gasteiger partial charge in [0.1, 0.15) is 22.8 Å². The van der Waals surface area contributed by atoms with Gasteiger partial charge in [0.15, 0.2) is 11.4 Å². The highest BCUT2D eigenvalue weighted by atomic mass is 16.3. The van der Waals surface area contributed by atoms with Crippen molar-refractivity contribution in [2.24, 2.45) is 23.5 Å². The Bertz CT molecular complexity index is 1500. The predicted molar refractivity (Wildman–Crippen MR) is 142 cm³/mol. The first-order chi connectivity index (χ1) is 18.6. The lowest BCUT2D eigenvalue weighted by Crippen LogP contribution is -2.58. The van der Waals surface area contributed by atoms with E-state index in [1.54, 1.807) is 6.07 Å². The highest BCUT2D eigenvalue weighted by Crippen LogP contribution is 2.53. The van der Waals surface area contributed by atoms with E-state index < -0.39 is 52.0 Å². The molecule has 8 nitrogen and oxygen atoms in total. The summed E-state index contributed by atoms with van der Waals surface area (Å²) in [6.45, 7) is 0. The molecule has 0 aromatic heterocycles. The minimum atomic E-state index is -2.56. The lowest BCUT2D eigenvalue weighted by Gasteiger charge is -2.46. The number of aromatic hydroxyl groups is 1. The Labute approximate surface area is 225 Å². The van der Waals surface area contributed by atoms with E-state index in [-0.39, 0.29) is 36.1 Å². The van der Waals surface area contributed by atoms with Crippen LogP contribution in [0.15, 0.2) is 53.3 Å². The fraction of sp³-hybridized carbons (Fsp3) is 0.387. The maximum absolute atomic E-state index is 13.7. The Kier molecular flexibility index (Phi) is 5.91. The Morgan fingerprint density at radius 1 is 1.03 bits per heavy atom. The largest absolute Gasteiger partial charge is 0.508 e. The van der Waals surface area contributed by atoms with Crippen molar-refractivity contribution in [3.63, 3.8) is 0 Å². The summed E-state index contributed by atoms with van der Waals surface area (Å²) in [6, 6.07) is 11.5. The highest BCUT2D eigenvalue weighted by Gasteiger charge is 2.60. The van der Waals surface area contributed by atoms with Gasteiger partial charge < -0.3 is 26.2 Å².